The standard InChI is InChI=1S/C17H21N3O/c1-14-5-3-4-6-16(14)15-7-8-20(21)17(13-15)19-11-9-18(2)10-12-19/h3-8,13H,9-12H2,1-2H3. The van der Waals surface area contributed by atoms with Crippen molar-refractivity contribution in [1.29, 1.82) is 0 Å². The van der Waals surface area contributed by atoms with Gasteiger partial charge in [0.1, 0.15) is 0 Å². The Kier molecular flexibility index (Phi) is 3.80. The van der Waals surface area contributed by atoms with Gasteiger partial charge in [-0.1, -0.05) is 24.3 Å². The van der Waals surface area contributed by atoms with E-state index in [0.717, 1.165) is 42.3 Å². The van der Waals surface area contributed by atoms with E-state index in [1.54, 1.807) is 6.20 Å². The summed E-state index contributed by atoms with van der Waals surface area (Å²) in [7, 11) is 2.12. The number of aromatic nitrogens is 1. The molecule has 3 rings (SSSR count). The summed E-state index contributed by atoms with van der Waals surface area (Å²) in [6.45, 7) is 5.89. The minimum absolute atomic E-state index is 0.754. The summed E-state index contributed by atoms with van der Waals surface area (Å²) in [6, 6.07) is 12.2. The maximum absolute atomic E-state index is 12.1. The Bertz CT molecular complexity index is 634. The van der Waals surface area contributed by atoms with Crippen LogP contribution >= 0.6 is 0 Å². The lowest BCUT2D eigenvalue weighted by Gasteiger charge is -2.29. The molecule has 4 nitrogen and oxygen atoms in total. The fourth-order valence-corrected chi connectivity index (χ4v) is 2.81. The second kappa shape index (κ2) is 5.74. The minimum Gasteiger partial charge on any atom is -0.711 e. The van der Waals surface area contributed by atoms with Gasteiger partial charge in [-0.3, -0.25) is 9.80 Å². The van der Waals surface area contributed by atoms with Crippen LogP contribution in [0.3, 0.4) is 0 Å². The molecule has 0 spiro atoms. The van der Waals surface area contributed by atoms with Gasteiger partial charge < -0.3 is 5.21 Å². The molecule has 1 aromatic carbocycles. The third kappa shape index (κ3) is 2.85. The van der Waals surface area contributed by atoms with E-state index in [-0.39, 0.29) is 0 Å². The highest BCUT2D eigenvalue weighted by atomic mass is 16.5. The molecule has 0 aliphatic carbocycles. The lowest BCUT2D eigenvalue weighted by molar-refractivity contribution is -0.592. The predicted octanol–water partition coefficient (Wildman–Crippen LogP) is 2.05. The Balaban J connectivity index is 1.95. The average molecular weight is 283 g/mol. The first-order valence-electron chi connectivity index (χ1n) is 7.38. The average Bonchev–Trinajstić information content (AvgIpc) is 2.50. The minimum atomic E-state index is 0.754. The SMILES string of the molecule is Cc1ccccc1-c1cc[n+]([O-])c(N2CCN(C)CC2)c1. The number of rotatable bonds is 2. The van der Waals surface area contributed by atoms with Crippen molar-refractivity contribution in [2.75, 3.05) is 38.1 Å². The van der Waals surface area contributed by atoms with Crippen LogP contribution in [0, 0.1) is 12.1 Å². The Morgan fingerprint density at radius 1 is 1.05 bits per heavy atom. The molecule has 2 aromatic rings. The van der Waals surface area contributed by atoms with E-state index in [9.17, 15) is 5.21 Å². The number of hydrogen-bond donors (Lipinski definition) is 0. The Hall–Kier alpha value is -2.07. The van der Waals surface area contributed by atoms with E-state index in [0.29, 0.717) is 0 Å². The van der Waals surface area contributed by atoms with E-state index in [1.807, 2.05) is 24.3 Å². The molecular weight excluding hydrogens is 262 g/mol. The number of piperazine rings is 1. The normalized spacial score (nSPS) is 16.2. The van der Waals surface area contributed by atoms with Crippen LogP contribution in [0.2, 0.25) is 0 Å². The van der Waals surface area contributed by atoms with Crippen LogP contribution in [0.4, 0.5) is 5.82 Å². The summed E-state index contributed by atoms with van der Waals surface area (Å²) in [5.74, 6) is 0.754. The summed E-state index contributed by atoms with van der Waals surface area (Å²) in [5, 5.41) is 12.1. The van der Waals surface area contributed by atoms with E-state index in [2.05, 4.69) is 35.9 Å². The Morgan fingerprint density at radius 2 is 1.76 bits per heavy atom. The molecule has 0 saturated carbocycles. The molecule has 110 valence electrons. The van der Waals surface area contributed by atoms with Gasteiger partial charge >= 0.3 is 0 Å². The molecule has 0 N–H and O–H groups in total. The molecule has 4 heteroatoms. The third-order valence-electron chi connectivity index (χ3n) is 4.18. The lowest BCUT2D eigenvalue weighted by atomic mass is 10.0. The van der Waals surface area contributed by atoms with Crippen molar-refractivity contribution in [1.82, 2.24) is 4.90 Å². The number of aryl methyl sites for hydroxylation is 1. The van der Waals surface area contributed by atoms with Crippen LogP contribution in [0.1, 0.15) is 5.56 Å². The van der Waals surface area contributed by atoms with Crippen molar-refractivity contribution < 1.29 is 4.73 Å². The van der Waals surface area contributed by atoms with Gasteiger partial charge in [0.2, 0.25) is 0 Å². The number of pyridine rings is 1. The van der Waals surface area contributed by atoms with Gasteiger partial charge in [0.05, 0.1) is 19.3 Å². The number of nitrogens with zero attached hydrogens (tertiary/aromatic N) is 3. The highest BCUT2D eigenvalue weighted by molar-refractivity contribution is 5.68. The highest BCUT2D eigenvalue weighted by Crippen LogP contribution is 2.25. The first-order valence-corrected chi connectivity index (χ1v) is 7.38. The molecule has 1 aliphatic rings. The summed E-state index contributed by atoms with van der Waals surface area (Å²) < 4.78 is 0.979. The molecule has 0 atom stereocenters. The topological polar surface area (TPSA) is 33.4 Å². The molecule has 2 heterocycles. The van der Waals surface area contributed by atoms with Gasteiger partial charge in [-0.15, -0.1) is 0 Å². The maximum Gasteiger partial charge on any atom is 0.280 e. The number of likely N-dealkylation sites (N-methyl/N-ethyl adjacent to an activating group) is 1. The molecule has 0 radical (unpaired) electrons. The van der Waals surface area contributed by atoms with Crippen LogP contribution in [0.15, 0.2) is 42.6 Å². The van der Waals surface area contributed by atoms with Gasteiger partial charge in [0, 0.05) is 19.2 Å². The molecule has 21 heavy (non-hydrogen) atoms. The third-order valence-corrected chi connectivity index (χ3v) is 4.18. The van der Waals surface area contributed by atoms with Crippen LogP contribution in [0.25, 0.3) is 11.1 Å². The molecule has 0 bridgehead atoms. The van der Waals surface area contributed by atoms with Gasteiger partial charge in [-0.25, -0.2) is 4.73 Å². The number of anilines is 1. The second-order valence-corrected chi connectivity index (χ2v) is 5.70. The molecular formula is C17H21N3O. The summed E-state index contributed by atoms with van der Waals surface area (Å²) >= 11 is 0. The lowest BCUT2D eigenvalue weighted by Crippen LogP contribution is -2.48. The van der Waals surface area contributed by atoms with Crippen molar-refractivity contribution in [2.24, 2.45) is 0 Å². The van der Waals surface area contributed by atoms with Gasteiger partial charge in [-0.05, 0) is 36.7 Å². The van der Waals surface area contributed by atoms with E-state index >= 15 is 0 Å². The zero-order valence-corrected chi connectivity index (χ0v) is 12.6. The molecule has 0 unspecified atom stereocenters. The first-order chi connectivity index (χ1) is 10.1. The smallest absolute Gasteiger partial charge is 0.280 e. The number of benzene rings is 1. The fourth-order valence-electron chi connectivity index (χ4n) is 2.81. The van der Waals surface area contributed by atoms with Crippen molar-refractivity contribution in [3.63, 3.8) is 0 Å². The zero-order valence-electron chi connectivity index (χ0n) is 12.6. The summed E-state index contributed by atoms with van der Waals surface area (Å²) in [6.07, 6.45) is 1.62. The summed E-state index contributed by atoms with van der Waals surface area (Å²) in [4.78, 5) is 4.46. The Labute approximate surface area is 125 Å². The molecule has 1 saturated heterocycles. The van der Waals surface area contributed by atoms with E-state index in [1.165, 1.54) is 11.1 Å². The van der Waals surface area contributed by atoms with E-state index < -0.39 is 0 Å². The largest absolute Gasteiger partial charge is 0.711 e. The second-order valence-electron chi connectivity index (χ2n) is 5.70. The molecule has 1 fully saturated rings. The van der Waals surface area contributed by atoms with Crippen LogP contribution < -0.4 is 9.63 Å². The van der Waals surface area contributed by atoms with Crippen LogP contribution in [-0.2, 0) is 0 Å². The van der Waals surface area contributed by atoms with Gasteiger partial charge in [0.15, 0.2) is 0 Å². The van der Waals surface area contributed by atoms with Crippen molar-refractivity contribution in [3.05, 3.63) is 53.4 Å². The fraction of sp³-hybridized carbons (Fsp3) is 0.353. The zero-order chi connectivity index (χ0) is 14.8. The van der Waals surface area contributed by atoms with Crippen LogP contribution in [0.5, 0.6) is 0 Å². The Morgan fingerprint density at radius 3 is 2.48 bits per heavy atom. The van der Waals surface area contributed by atoms with Crippen molar-refractivity contribution >= 4 is 5.82 Å². The van der Waals surface area contributed by atoms with Gasteiger partial charge in [-0.2, -0.15) is 0 Å². The number of hydrogen-bond acceptors (Lipinski definition) is 3. The quantitative estimate of drug-likeness (QED) is 0.625. The maximum atomic E-state index is 12.1. The predicted molar refractivity (Wildman–Crippen MR) is 85.3 cm³/mol. The molecule has 1 aliphatic heterocycles. The van der Waals surface area contributed by atoms with E-state index in [4.69, 9.17) is 0 Å². The first kappa shape index (κ1) is 13.9. The van der Waals surface area contributed by atoms with Crippen LogP contribution in [-0.4, -0.2) is 38.1 Å². The molecule has 0 amide bonds. The molecule has 1 aromatic heterocycles. The van der Waals surface area contributed by atoms with Crippen molar-refractivity contribution in [3.8, 4) is 11.1 Å². The van der Waals surface area contributed by atoms with Gasteiger partial charge in [0.25, 0.3) is 5.82 Å². The van der Waals surface area contributed by atoms with Crippen molar-refractivity contribution in [2.45, 2.75) is 6.92 Å². The highest BCUT2D eigenvalue weighted by Gasteiger charge is 2.22. The summed E-state index contributed by atoms with van der Waals surface area (Å²) in [5.41, 5.74) is 3.52. The monoisotopic (exact) mass is 283 g/mol.